The van der Waals surface area contributed by atoms with Gasteiger partial charge >= 0.3 is 0 Å². The van der Waals surface area contributed by atoms with Gasteiger partial charge in [0.2, 0.25) is 0 Å². The number of aromatic nitrogens is 1. The van der Waals surface area contributed by atoms with Crippen LogP contribution in [-0.4, -0.2) is 9.67 Å². The van der Waals surface area contributed by atoms with Gasteiger partial charge in [0, 0.05) is 34.3 Å². The zero-order valence-electron chi connectivity index (χ0n) is 13.8. The molecule has 2 nitrogen and oxygen atoms in total. The van der Waals surface area contributed by atoms with Crippen molar-refractivity contribution in [3.63, 3.8) is 0 Å². The van der Waals surface area contributed by atoms with Crippen molar-refractivity contribution in [2.24, 2.45) is 5.41 Å². The van der Waals surface area contributed by atoms with Crippen LogP contribution in [0.1, 0.15) is 25.6 Å². The van der Waals surface area contributed by atoms with Crippen molar-refractivity contribution in [2.45, 2.75) is 26.5 Å². The maximum absolute atomic E-state index is 10.9. The summed E-state index contributed by atoms with van der Waals surface area (Å²) < 4.78 is 2.21. The maximum Gasteiger partial charge on any atom is 0.101 e. The zero-order valence-corrected chi connectivity index (χ0v) is 14.6. The van der Waals surface area contributed by atoms with E-state index in [1.165, 1.54) is 0 Å². The molecule has 1 aliphatic heterocycles. The zero-order chi connectivity index (χ0) is 16.9. The van der Waals surface area contributed by atoms with Crippen molar-refractivity contribution in [3.8, 4) is 22.3 Å². The highest BCUT2D eigenvalue weighted by Crippen LogP contribution is 2.49. The number of aliphatic hydroxyl groups excluding tert-OH is 1. The lowest BCUT2D eigenvalue weighted by Gasteiger charge is -2.22. The average molecular weight is 338 g/mol. The second kappa shape index (κ2) is 5.51. The third kappa shape index (κ3) is 2.38. The van der Waals surface area contributed by atoms with Crippen molar-refractivity contribution in [2.75, 3.05) is 0 Å². The second-order valence-electron chi connectivity index (χ2n) is 7.19. The molecule has 0 bridgehead atoms. The van der Waals surface area contributed by atoms with Crippen molar-refractivity contribution < 1.29 is 5.11 Å². The van der Waals surface area contributed by atoms with E-state index in [9.17, 15) is 5.11 Å². The molecule has 3 heteroatoms. The monoisotopic (exact) mass is 337 g/mol. The van der Waals surface area contributed by atoms with Crippen LogP contribution in [0.15, 0.2) is 60.8 Å². The van der Waals surface area contributed by atoms with Gasteiger partial charge in [0.15, 0.2) is 0 Å². The molecule has 0 radical (unpaired) electrons. The van der Waals surface area contributed by atoms with Crippen LogP contribution in [-0.2, 0) is 6.54 Å². The van der Waals surface area contributed by atoms with Crippen LogP contribution in [0.3, 0.4) is 0 Å². The van der Waals surface area contributed by atoms with Crippen LogP contribution in [0, 0.1) is 5.41 Å². The summed E-state index contributed by atoms with van der Waals surface area (Å²) in [5.41, 5.74) is 5.37. The summed E-state index contributed by atoms with van der Waals surface area (Å²) in [6, 6.07) is 18.2. The van der Waals surface area contributed by atoms with E-state index in [1.54, 1.807) is 0 Å². The Bertz CT molecular complexity index is 878. The summed E-state index contributed by atoms with van der Waals surface area (Å²) in [6.07, 6.45) is 1.69. The normalized spacial score (nSPS) is 18.6. The molecule has 2 aromatic carbocycles. The largest absolute Gasteiger partial charge is 0.386 e. The highest BCUT2D eigenvalue weighted by atomic mass is 35.5. The lowest BCUT2D eigenvalue weighted by molar-refractivity contribution is 0.0654. The van der Waals surface area contributed by atoms with Gasteiger partial charge < -0.3 is 9.67 Å². The lowest BCUT2D eigenvalue weighted by Crippen LogP contribution is -2.18. The Labute approximate surface area is 147 Å². The van der Waals surface area contributed by atoms with Crippen molar-refractivity contribution in [3.05, 3.63) is 71.5 Å². The maximum atomic E-state index is 10.9. The minimum Gasteiger partial charge on any atom is -0.386 e. The van der Waals surface area contributed by atoms with Gasteiger partial charge in [0.25, 0.3) is 0 Å². The van der Waals surface area contributed by atoms with E-state index < -0.39 is 6.10 Å². The molecule has 1 atom stereocenters. The van der Waals surface area contributed by atoms with Gasteiger partial charge in [-0.2, -0.15) is 0 Å². The Morgan fingerprint density at radius 3 is 2.33 bits per heavy atom. The summed E-state index contributed by atoms with van der Waals surface area (Å²) in [5, 5.41) is 11.6. The smallest absolute Gasteiger partial charge is 0.101 e. The minimum atomic E-state index is -0.478. The van der Waals surface area contributed by atoms with E-state index in [4.69, 9.17) is 11.6 Å². The molecule has 0 saturated carbocycles. The number of halogens is 1. The van der Waals surface area contributed by atoms with E-state index in [0.717, 1.165) is 39.5 Å². The number of hydrogen-bond donors (Lipinski definition) is 1. The second-order valence-corrected chi connectivity index (χ2v) is 7.63. The molecular formula is C21H20ClNO. The van der Waals surface area contributed by atoms with E-state index in [2.05, 4.69) is 36.7 Å². The molecule has 0 amide bonds. The minimum absolute atomic E-state index is 0.155. The number of fused-ring (bicyclic) bond motifs is 1. The Kier molecular flexibility index (Phi) is 3.56. The fourth-order valence-electron chi connectivity index (χ4n) is 3.65. The van der Waals surface area contributed by atoms with Gasteiger partial charge in [-0.05, 0) is 23.3 Å². The van der Waals surface area contributed by atoms with Crippen LogP contribution in [0.2, 0.25) is 5.02 Å². The molecule has 1 aliphatic rings. The first-order chi connectivity index (χ1) is 11.5. The molecule has 24 heavy (non-hydrogen) atoms. The molecule has 2 heterocycles. The number of benzene rings is 2. The summed E-state index contributed by atoms with van der Waals surface area (Å²) in [5.74, 6) is 0. The number of nitrogens with zero attached hydrogens (tertiary/aromatic N) is 1. The third-order valence-electron chi connectivity index (χ3n) is 4.91. The quantitative estimate of drug-likeness (QED) is 0.651. The molecule has 1 unspecified atom stereocenters. The lowest BCUT2D eigenvalue weighted by atomic mass is 9.85. The Balaban J connectivity index is 1.96. The Hall–Kier alpha value is -2.03. The van der Waals surface area contributed by atoms with Crippen molar-refractivity contribution in [1.29, 1.82) is 0 Å². The standard InChI is InChI=1S/C21H20ClNO/c1-21(2)13-23-12-17(14-8-10-16(22)11-9-14)18(19(23)20(21)24)15-6-4-3-5-7-15/h3-12,20,24H,13H2,1-2H3. The summed E-state index contributed by atoms with van der Waals surface area (Å²) in [4.78, 5) is 0. The first kappa shape index (κ1) is 15.5. The molecule has 1 aromatic heterocycles. The average Bonchev–Trinajstić information content (AvgIpc) is 3.03. The van der Waals surface area contributed by atoms with Gasteiger partial charge in [-0.15, -0.1) is 0 Å². The molecule has 0 aliphatic carbocycles. The fourth-order valence-corrected chi connectivity index (χ4v) is 3.77. The van der Waals surface area contributed by atoms with E-state index in [1.807, 2.05) is 42.5 Å². The van der Waals surface area contributed by atoms with Crippen molar-refractivity contribution >= 4 is 11.6 Å². The Morgan fingerprint density at radius 2 is 1.67 bits per heavy atom. The van der Waals surface area contributed by atoms with Gasteiger partial charge in [0.05, 0.1) is 5.69 Å². The van der Waals surface area contributed by atoms with Crippen LogP contribution in [0.4, 0.5) is 0 Å². The van der Waals surface area contributed by atoms with E-state index in [-0.39, 0.29) is 5.41 Å². The highest BCUT2D eigenvalue weighted by Gasteiger charge is 2.41. The molecule has 0 fully saturated rings. The predicted octanol–water partition coefficient (Wildman–Crippen LogP) is 5.55. The molecule has 0 spiro atoms. The molecule has 122 valence electrons. The topological polar surface area (TPSA) is 25.2 Å². The predicted molar refractivity (Wildman–Crippen MR) is 99.1 cm³/mol. The molecular weight excluding hydrogens is 318 g/mol. The van der Waals surface area contributed by atoms with Crippen LogP contribution >= 0.6 is 11.6 Å². The first-order valence-electron chi connectivity index (χ1n) is 8.20. The van der Waals surface area contributed by atoms with Crippen LogP contribution < -0.4 is 0 Å². The molecule has 0 saturated heterocycles. The highest BCUT2D eigenvalue weighted by molar-refractivity contribution is 6.30. The summed E-state index contributed by atoms with van der Waals surface area (Å²) in [6.45, 7) is 5.04. The fraction of sp³-hybridized carbons (Fsp3) is 0.238. The van der Waals surface area contributed by atoms with Crippen molar-refractivity contribution in [1.82, 2.24) is 4.57 Å². The molecule has 1 N–H and O–H groups in total. The number of hydrogen-bond acceptors (Lipinski definition) is 1. The molecule has 4 rings (SSSR count). The van der Waals surface area contributed by atoms with Gasteiger partial charge in [-0.3, -0.25) is 0 Å². The van der Waals surface area contributed by atoms with E-state index in [0.29, 0.717) is 0 Å². The number of aliphatic hydroxyl groups is 1. The van der Waals surface area contributed by atoms with Gasteiger partial charge in [-0.25, -0.2) is 0 Å². The van der Waals surface area contributed by atoms with Gasteiger partial charge in [-0.1, -0.05) is 67.9 Å². The summed E-state index contributed by atoms with van der Waals surface area (Å²) in [7, 11) is 0. The molecule has 3 aromatic rings. The van der Waals surface area contributed by atoms with Crippen LogP contribution in [0.5, 0.6) is 0 Å². The third-order valence-corrected chi connectivity index (χ3v) is 5.17. The first-order valence-corrected chi connectivity index (χ1v) is 8.57. The summed E-state index contributed by atoms with van der Waals surface area (Å²) >= 11 is 6.05. The van der Waals surface area contributed by atoms with Crippen LogP contribution in [0.25, 0.3) is 22.3 Å². The Morgan fingerprint density at radius 1 is 1.00 bits per heavy atom. The van der Waals surface area contributed by atoms with E-state index >= 15 is 0 Å². The van der Waals surface area contributed by atoms with Gasteiger partial charge in [0.1, 0.15) is 6.10 Å². The number of rotatable bonds is 2. The SMILES string of the molecule is CC1(C)Cn2cc(-c3ccc(Cl)cc3)c(-c3ccccc3)c2C1O.